The highest BCUT2D eigenvalue weighted by Crippen LogP contribution is 2.36. The summed E-state index contributed by atoms with van der Waals surface area (Å²) >= 11 is 0. The number of aryl methyl sites for hydroxylation is 1. The highest BCUT2D eigenvalue weighted by atomic mass is 19.4. The van der Waals surface area contributed by atoms with E-state index in [-0.39, 0.29) is 6.54 Å². The van der Waals surface area contributed by atoms with Crippen LogP contribution in [0.15, 0.2) is 12.3 Å². The predicted molar refractivity (Wildman–Crippen MR) is 71.9 cm³/mol. The van der Waals surface area contributed by atoms with Gasteiger partial charge in [-0.15, -0.1) is 0 Å². The summed E-state index contributed by atoms with van der Waals surface area (Å²) < 4.78 is 51.5. The van der Waals surface area contributed by atoms with Crippen molar-refractivity contribution in [1.82, 2.24) is 9.88 Å². The van der Waals surface area contributed by atoms with Gasteiger partial charge in [-0.1, -0.05) is 0 Å². The Kier molecular flexibility index (Phi) is 5.03. The van der Waals surface area contributed by atoms with Crippen LogP contribution in [0.5, 0.6) is 0 Å². The van der Waals surface area contributed by atoms with Gasteiger partial charge in [0.25, 0.3) is 0 Å². The average Bonchev–Trinajstić information content (AvgIpc) is 2.93. The summed E-state index contributed by atoms with van der Waals surface area (Å²) in [4.78, 5) is 16.3. The zero-order chi connectivity index (χ0) is 16.3. The highest BCUT2D eigenvalue weighted by Gasteiger charge is 2.46. The second kappa shape index (κ2) is 6.62. The lowest BCUT2D eigenvalue weighted by Crippen LogP contribution is -2.40. The summed E-state index contributed by atoms with van der Waals surface area (Å²) in [5.41, 5.74) is 0.866. The highest BCUT2D eigenvalue weighted by molar-refractivity contribution is 5.82. The Morgan fingerprint density at radius 1 is 1.50 bits per heavy atom. The molecule has 2 radical (unpaired) electrons. The van der Waals surface area contributed by atoms with Gasteiger partial charge in [-0.25, -0.2) is 4.39 Å². The van der Waals surface area contributed by atoms with Crippen molar-refractivity contribution in [2.24, 2.45) is 0 Å². The first kappa shape index (κ1) is 16.7. The minimum absolute atomic E-state index is 0.0143. The molecule has 0 unspecified atom stereocenters. The van der Waals surface area contributed by atoms with Crippen LogP contribution in [0.25, 0.3) is 0 Å². The van der Waals surface area contributed by atoms with Crippen LogP contribution in [0, 0.1) is 19.2 Å². The summed E-state index contributed by atoms with van der Waals surface area (Å²) in [5, 5.41) is 0. The van der Waals surface area contributed by atoms with Crippen LogP contribution in [0.1, 0.15) is 36.6 Å². The minimum Gasteiger partial charge on any atom is -0.328 e. The second-order valence-electron chi connectivity index (χ2n) is 5.17. The number of carbonyl (C=O) groups excluding carboxylic acids is 1. The quantitative estimate of drug-likeness (QED) is 0.798. The summed E-state index contributed by atoms with van der Waals surface area (Å²) in [7, 11) is 0. The zero-order valence-electron chi connectivity index (χ0n) is 11.9. The monoisotopic (exact) mass is 316 g/mol. The maximum Gasteiger partial charge on any atom is 0.471 e. The fourth-order valence-corrected chi connectivity index (χ4v) is 2.72. The number of hydrogen-bond donors (Lipinski definition) is 0. The van der Waals surface area contributed by atoms with E-state index in [0.29, 0.717) is 36.9 Å². The normalized spacial score (nSPS) is 18.8. The lowest BCUT2D eigenvalue weighted by Gasteiger charge is -2.27. The van der Waals surface area contributed by atoms with Crippen molar-refractivity contribution in [2.75, 3.05) is 6.54 Å². The Balaban J connectivity index is 2.33. The number of hydrogen-bond acceptors (Lipinski definition) is 2. The topological polar surface area (TPSA) is 33.2 Å². The average molecular weight is 316 g/mol. The number of pyridine rings is 1. The van der Waals surface area contributed by atoms with Crippen LogP contribution >= 0.6 is 0 Å². The van der Waals surface area contributed by atoms with Gasteiger partial charge >= 0.3 is 12.1 Å². The van der Waals surface area contributed by atoms with Crippen molar-refractivity contribution in [3.63, 3.8) is 0 Å². The molecule has 2 rings (SSSR count). The van der Waals surface area contributed by atoms with Gasteiger partial charge in [0, 0.05) is 12.2 Å². The first-order valence-corrected chi connectivity index (χ1v) is 6.97. The fraction of sp³-hybridized carbons (Fsp3) is 0.467. The van der Waals surface area contributed by atoms with E-state index in [1.165, 1.54) is 6.07 Å². The van der Waals surface area contributed by atoms with E-state index in [2.05, 4.69) is 11.9 Å². The number of nitrogens with zero attached hydrogens (tertiary/aromatic N) is 2. The SMILES string of the molecule is [CH2][CH]CCc1ncc(F)cc1[C@H]1CCCN1C(=O)C(F)(F)F. The Bertz CT molecular complexity index is 545. The molecule has 22 heavy (non-hydrogen) atoms. The van der Waals surface area contributed by atoms with Crippen LogP contribution in [-0.4, -0.2) is 28.5 Å². The molecule has 120 valence electrons. The Hall–Kier alpha value is -1.66. The lowest BCUT2D eigenvalue weighted by atomic mass is 9.99. The molecule has 1 aromatic rings. The second-order valence-corrected chi connectivity index (χ2v) is 5.17. The third kappa shape index (κ3) is 3.56. The van der Waals surface area contributed by atoms with Crippen molar-refractivity contribution in [1.29, 1.82) is 0 Å². The molecular formula is C15H16F4N2O. The van der Waals surface area contributed by atoms with Gasteiger partial charge in [0.05, 0.1) is 12.2 Å². The smallest absolute Gasteiger partial charge is 0.328 e. The van der Waals surface area contributed by atoms with E-state index < -0.39 is 23.9 Å². The van der Waals surface area contributed by atoms with E-state index in [4.69, 9.17) is 0 Å². The van der Waals surface area contributed by atoms with E-state index in [0.717, 1.165) is 11.1 Å². The molecule has 3 nitrogen and oxygen atoms in total. The van der Waals surface area contributed by atoms with Gasteiger partial charge in [0.2, 0.25) is 0 Å². The third-order valence-corrected chi connectivity index (χ3v) is 3.67. The number of halogens is 4. The van der Waals surface area contributed by atoms with Crippen molar-refractivity contribution >= 4 is 5.91 Å². The van der Waals surface area contributed by atoms with Gasteiger partial charge in [-0.3, -0.25) is 9.78 Å². The van der Waals surface area contributed by atoms with Gasteiger partial charge in [0.1, 0.15) is 5.82 Å². The molecule has 1 aliphatic heterocycles. The standard InChI is InChI=1S/C15H16F4N2O/c1-2-3-5-12-11(8-10(16)9-20-12)13-6-4-7-21(13)14(22)15(17,18)19/h2,8-9,13H,1,3-7H2/t13-/m1/s1. The maximum atomic E-state index is 13.5. The van der Waals surface area contributed by atoms with Gasteiger partial charge in [-0.05, 0) is 50.7 Å². The Morgan fingerprint density at radius 3 is 2.86 bits per heavy atom. The lowest BCUT2D eigenvalue weighted by molar-refractivity contribution is -0.186. The van der Waals surface area contributed by atoms with Crippen LogP contribution in [0.3, 0.4) is 0 Å². The molecule has 0 saturated carbocycles. The molecular weight excluding hydrogens is 300 g/mol. The zero-order valence-corrected chi connectivity index (χ0v) is 11.9. The van der Waals surface area contributed by atoms with Gasteiger partial charge in [0.15, 0.2) is 0 Å². The molecule has 1 fully saturated rings. The van der Waals surface area contributed by atoms with Crippen LogP contribution < -0.4 is 0 Å². The third-order valence-electron chi connectivity index (χ3n) is 3.67. The van der Waals surface area contributed by atoms with Crippen LogP contribution in [-0.2, 0) is 11.2 Å². The van der Waals surface area contributed by atoms with Crippen molar-refractivity contribution in [3.05, 3.63) is 42.7 Å². The molecule has 0 bridgehead atoms. The minimum atomic E-state index is -4.93. The number of likely N-dealkylation sites (tertiary alicyclic amines) is 1. The number of amides is 1. The molecule has 0 N–H and O–H groups in total. The van der Waals surface area contributed by atoms with Gasteiger partial charge in [-0.2, -0.15) is 13.2 Å². The Labute approximate surface area is 126 Å². The molecule has 1 aliphatic rings. The molecule has 0 spiro atoms. The number of carbonyl (C=O) groups is 1. The first-order valence-electron chi connectivity index (χ1n) is 6.97. The number of rotatable bonds is 4. The molecule has 2 heterocycles. The summed E-state index contributed by atoms with van der Waals surface area (Å²) in [6, 6.07) is 0.398. The maximum absolute atomic E-state index is 13.5. The van der Waals surface area contributed by atoms with E-state index in [1.54, 1.807) is 6.42 Å². The molecule has 1 atom stereocenters. The largest absolute Gasteiger partial charge is 0.471 e. The molecule has 1 saturated heterocycles. The fourth-order valence-electron chi connectivity index (χ4n) is 2.72. The van der Waals surface area contributed by atoms with E-state index >= 15 is 0 Å². The van der Waals surface area contributed by atoms with Crippen molar-refractivity contribution in [3.8, 4) is 0 Å². The molecule has 1 amide bonds. The summed E-state index contributed by atoms with van der Waals surface area (Å²) in [5.74, 6) is -2.50. The molecule has 7 heteroatoms. The van der Waals surface area contributed by atoms with Crippen LogP contribution in [0.4, 0.5) is 17.6 Å². The number of alkyl halides is 3. The number of aromatic nitrogens is 1. The van der Waals surface area contributed by atoms with Crippen molar-refractivity contribution in [2.45, 2.75) is 37.9 Å². The number of unbranched alkanes of at least 4 members (excludes halogenated alkanes) is 1. The summed E-state index contributed by atoms with van der Waals surface area (Å²) in [6.07, 6.45) is -0.396. The molecule has 0 aromatic carbocycles. The molecule has 1 aromatic heterocycles. The molecule has 0 aliphatic carbocycles. The first-order chi connectivity index (χ1) is 10.3. The summed E-state index contributed by atoms with van der Waals surface area (Å²) in [6.45, 7) is 3.60. The van der Waals surface area contributed by atoms with Gasteiger partial charge < -0.3 is 4.90 Å². The van der Waals surface area contributed by atoms with Crippen molar-refractivity contribution < 1.29 is 22.4 Å². The van der Waals surface area contributed by atoms with E-state index in [1.807, 2.05) is 0 Å². The van der Waals surface area contributed by atoms with Crippen LogP contribution in [0.2, 0.25) is 0 Å². The Morgan fingerprint density at radius 2 is 2.23 bits per heavy atom. The predicted octanol–water partition coefficient (Wildman–Crippen LogP) is 3.42. The van der Waals surface area contributed by atoms with E-state index in [9.17, 15) is 22.4 Å².